The van der Waals surface area contributed by atoms with E-state index in [1.54, 1.807) is 30.5 Å². The van der Waals surface area contributed by atoms with Gasteiger partial charge in [-0.3, -0.25) is 10.1 Å². The molecule has 0 aliphatic carbocycles. The monoisotopic (exact) mass is 569 g/mol. The highest BCUT2D eigenvalue weighted by molar-refractivity contribution is 6.07. The summed E-state index contributed by atoms with van der Waals surface area (Å²) in [5, 5.41) is 12.0. The van der Waals surface area contributed by atoms with E-state index in [-0.39, 0.29) is 17.5 Å². The fourth-order valence-corrected chi connectivity index (χ4v) is 4.30. The van der Waals surface area contributed by atoms with Gasteiger partial charge in [0.25, 0.3) is 5.91 Å². The van der Waals surface area contributed by atoms with E-state index in [1.165, 1.54) is 16.9 Å². The lowest BCUT2D eigenvalue weighted by Gasteiger charge is -2.17. The van der Waals surface area contributed by atoms with E-state index in [0.29, 0.717) is 34.4 Å². The Morgan fingerprint density at radius 2 is 1.78 bits per heavy atom. The van der Waals surface area contributed by atoms with Crippen molar-refractivity contribution in [2.45, 2.75) is 26.4 Å². The molecule has 0 bridgehead atoms. The number of amides is 3. The number of alkyl halides is 3. The van der Waals surface area contributed by atoms with Crippen molar-refractivity contribution in [3.63, 3.8) is 0 Å². The second-order valence-electron chi connectivity index (χ2n) is 9.05. The summed E-state index contributed by atoms with van der Waals surface area (Å²) >= 11 is 0. The molecular formula is C27H30F3N9O2. The smallest absolute Gasteiger partial charge is 0.382 e. The number of pyridine rings is 1. The normalized spacial score (nSPS) is 11.6. The summed E-state index contributed by atoms with van der Waals surface area (Å²) in [7, 11) is 0. The molecule has 14 heteroatoms. The first-order chi connectivity index (χ1) is 19.6. The van der Waals surface area contributed by atoms with Crippen molar-refractivity contribution in [2.75, 3.05) is 42.5 Å². The Balaban J connectivity index is 1.51. The summed E-state index contributed by atoms with van der Waals surface area (Å²) in [4.78, 5) is 35.3. The minimum absolute atomic E-state index is 0.186. The number of carbonyl (C=O) groups excluding carboxylic acids is 2. The molecule has 4 rings (SSSR count). The fourth-order valence-electron chi connectivity index (χ4n) is 4.30. The van der Waals surface area contributed by atoms with Crippen LogP contribution in [0.3, 0.4) is 0 Å². The first-order valence-corrected chi connectivity index (χ1v) is 13.0. The summed E-state index contributed by atoms with van der Waals surface area (Å²) in [5.74, 6) is -0.359. The predicted octanol–water partition coefficient (Wildman–Crippen LogP) is 4.50. The van der Waals surface area contributed by atoms with Crippen LogP contribution in [0.1, 0.15) is 36.3 Å². The fraction of sp³-hybridized carbons (Fsp3) is 0.296. The highest BCUT2D eigenvalue weighted by Crippen LogP contribution is 2.33. The molecule has 0 unspecified atom stereocenters. The van der Waals surface area contributed by atoms with Crippen LogP contribution >= 0.6 is 0 Å². The number of aromatic nitrogens is 4. The Morgan fingerprint density at radius 3 is 2.46 bits per heavy atom. The zero-order valence-electron chi connectivity index (χ0n) is 22.5. The lowest BCUT2D eigenvalue weighted by Crippen LogP contribution is -2.30. The Morgan fingerprint density at radius 1 is 1.05 bits per heavy atom. The van der Waals surface area contributed by atoms with Crippen LogP contribution in [0.15, 0.2) is 55.0 Å². The number of nitrogens with one attached hydrogen (secondary N) is 3. The number of hydrogen-bond donors (Lipinski definition) is 4. The third kappa shape index (κ3) is 7.08. The molecule has 0 saturated carbocycles. The summed E-state index contributed by atoms with van der Waals surface area (Å²) in [6.45, 7) is 7.40. The topological polar surface area (TPSA) is 143 Å². The van der Waals surface area contributed by atoms with Gasteiger partial charge in [-0.05, 0) is 55.9 Å². The van der Waals surface area contributed by atoms with Crippen molar-refractivity contribution < 1.29 is 22.8 Å². The number of anilines is 3. The number of halogens is 3. The third-order valence-electron chi connectivity index (χ3n) is 6.39. The van der Waals surface area contributed by atoms with Crippen LogP contribution in [0.5, 0.6) is 0 Å². The molecule has 3 heterocycles. The van der Waals surface area contributed by atoms with Crippen LogP contribution in [-0.2, 0) is 6.18 Å². The number of nitrogens with zero attached hydrogens (tertiary/aromatic N) is 5. The number of carbonyl (C=O) groups is 2. The van der Waals surface area contributed by atoms with E-state index >= 15 is 0 Å². The van der Waals surface area contributed by atoms with Gasteiger partial charge in [-0.25, -0.2) is 19.3 Å². The Hall–Kier alpha value is -4.72. The first kappa shape index (κ1) is 29.3. The van der Waals surface area contributed by atoms with Crippen molar-refractivity contribution >= 4 is 34.8 Å². The molecule has 0 aliphatic rings. The van der Waals surface area contributed by atoms with Gasteiger partial charge in [-0.15, -0.1) is 0 Å². The number of nitrogen functional groups attached to an aromatic ring is 1. The summed E-state index contributed by atoms with van der Waals surface area (Å²) in [5.41, 5.74) is 7.33. The van der Waals surface area contributed by atoms with E-state index in [1.807, 2.05) is 0 Å². The van der Waals surface area contributed by atoms with Crippen molar-refractivity contribution in [1.29, 1.82) is 0 Å². The number of urea groups is 1. The van der Waals surface area contributed by atoms with Crippen molar-refractivity contribution in [3.8, 4) is 11.1 Å². The largest absolute Gasteiger partial charge is 0.433 e. The van der Waals surface area contributed by atoms with E-state index in [2.05, 4.69) is 49.8 Å². The van der Waals surface area contributed by atoms with Crippen LogP contribution in [0.4, 0.5) is 35.3 Å². The minimum atomic E-state index is -4.64. The molecule has 5 N–H and O–H groups in total. The number of fused-ring (bicyclic) bond motifs is 1. The molecule has 0 atom stereocenters. The van der Waals surface area contributed by atoms with E-state index < -0.39 is 17.9 Å². The maximum absolute atomic E-state index is 13.2. The van der Waals surface area contributed by atoms with E-state index in [0.717, 1.165) is 38.2 Å². The summed E-state index contributed by atoms with van der Waals surface area (Å²) in [6.07, 6.45) is -0.966. The standard InChI is InChI=1S/C27H30F3N9O2/c1-3-38(4-2)14-6-13-32-25(40)19-15-39-23(24(31)33-16-34-39)22(19)17-9-11-18(12-10-17)35-26(41)37-21-8-5-7-20(36-21)27(28,29)30/h5,7-12,15-16H,3-4,6,13-14H2,1-2H3,(H,32,40)(H2,31,33,34)(H2,35,36,37,41). The van der Waals surface area contributed by atoms with Gasteiger partial charge in [0, 0.05) is 24.0 Å². The van der Waals surface area contributed by atoms with Crippen LogP contribution < -0.4 is 21.7 Å². The van der Waals surface area contributed by atoms with Gasteiger partial charge in [0.2, 0.25) is 0 Å². The number of benzene rings is 1. The maximum atomic E-state index is 13.2. The van der Waals surface area contributed by atoms with Gasteiger partial charge in [-0.1, -0.05) is 32.0 Å². The average Bonchev–Trinajstić information content (AvgIpc) is 3.34. The molecule has 3 amide bonds. The summed E-state index contributed by atoms with van der Waals surface area (Å²) in [6, 6.07) is 8.96. The molecule has 0 spiro atoms. The second kappa shape index (κ2) is 12.6. The lowest BCUT2D eigenvalue weighted by molar-refractivity contribution is -0.141. The second-order valence-corrected chi connectivity index (χ2v) is 9.05. The van der Waals surface area contributed by atoms with Gasteiger partial charge in [0.15, 0.2) is 5.82 Å². The summed E-state index contributed by atoms with van der Waals surface area (Å²) < 4.78 is 40.2. The van der Waals surface area contributed by atoms with E-state index in [9.17, 15) is 22.8 Å². The van der Waals surface area contributed by atoms with Crippen LogP contribution in [-0.4, -0.2) is 62.6 Å². The average molecular weight is 570 g/mol. The van der Waals surface area contributed by atoms with Crippen LogP contribution in [0.25, 0.3) is 16.6 Å². The SMILES string of the molecule is CCN(CC)CCCNC(=O)c1cn2ncnc(N)c2c1-c1ccc(NC(=O)Nc2cccc(C(F)(F)F)n2)cc1. The minimum Gasteiger partial charge on any atom is -0.382 e. The Bertz CT molecular complexity index is 1520. The zero-order valence-corrected chi connectivity index (χ0v) is 22.5. The zero-order chi connectivity index (χ0) is 29.6. The van der Waals surface area contributed by atoms with Crippen LogP contribution in [0, 0.1) is 0 Å². The highest BCUT2D eigenvalue weighted by Gasteiger charge is 2.32. The van der Waals surface area contributed by atoms with E-state index in [4.69, 9.17) is 5.73 Å². The van der Waals surface area contributed by atoms with Crippen molar-refractivity contribution in [2.24, 2.45) is 0 Å². The number of hydrogen-bond acceptors (Lipinski definition) is 7. The van der Waals surface area contributed by atoms with Crippen molar-refractivity contribution in [1.82, 2.24) is 29.8 Å². The van der Waals surface area contributed by atoms with Gasteiger partial charge >= 0.3 is 12.2 Å². The molecule has 0 saturated heterocycles. The predicted molar refractivity (Wildman–Crippen MR) is 149 cm³/mol. The molecule has 0 fully saturated rings. The molecule has 11 nitrogen and oxygen atoms in total. The number of nitrogens with two attached hydrogens (primary N) is 1. The van der Waals surface area contributed by atoms with Crippen LogP contribution in [0.2, 0.25) is 0 Å². The Kier molecular flexibility index (Phi) is 9.02. The lowest BCUT2D eigenvalue weighted by atomic mass is 10.0. The maximum Gasteiger partial charge on any atom is 0.433 e. The Labute approximate surface area is 234 Å². The first-order valence-electron chi connectivity index (χ1n) is 13.0. The molecule has 41 heavy (non-hydrogen) atoms. The molecular weight excluding hydrogens is 539 g/mol. The van der Waals surface area contributed by atoms with Gasteiger partial charge in [0.1, 0.15) is 23.4 Å². The highest BCUT2D eigenvalue weighted by atomic mass is 19.4. The molecule has 0 aliphatic heterocycles. The molecule has 0 radical (unpaired) electrons. The van der Waals surface area contributed by atoms with Gasteiger partial charge < -0.3 is 21.3 Å². The molecule has 4 aromatic rings. The molecule has 3 aromatic heterocycles. The molecule has 216 valence electrons. The van der Waals surface area contributed by atoms with Gasteiger partial charge in [0.05, 0.1) is 5.56 Å². The van der Waals surface area contributed by atoms with Gasteiger partial charge in [-0.2, -0.15) is 18.3 Å². The third-order valence-corrected chi connectivity index (χ3v) is 6.39. The number of rotatable bonds is 10. The quantitative estimate of drug-likeness (QED) is 0.206. The van der Waals surface area contributed by atoms with Crippen molar-refractivity contribution in [3.05, 3.63) is 66.2 Å². The molecule has 1 aromatic carbocycles.